The number of H-pyrrole nitrogens is 1. The third kappa shape index (κ3) is 4.69. The molecule has 0 saturated heterocycles. The van der Waals surface area contributed by atoms with Gasteiger partial charge in [-0.1, -0.05) is 36.4 Å². The Hall–Kier alpha value is -3.23. The first-order valence-corrected chi connectivity index (χ1v) is 8.32. The van der Waals surface area contributed by atoms with Crippen LogP contribution in [-0.2, 0) is 11.3 Å². The van der Waals surface area contributed by atoms with Gasteiger partial charge >= 0.3 is 6.09 Å². The number of nitrogens with one attached hydrogen (secondary N) is 2. The van der Waals surface area contributed by atoms with Crippen LogP contribution >= 0.6 is 0 Å². The Bertz CT molecular complexity index is 974. The Kier molecular flexibility index (Phi) is 5.80. The number of nitrogens with zero attached hydrogens (tertiary/aromatic N) is 1. The summed E-state index contributed by atoms with van der Waals surface area (Å²) in [5.41, 5.74) is 0.909. The van der Waals surface area contributed by atoms with Crippen LogP contribution in [0.1, 0.15) is 17.2 Å². The van der Waals surface area contributed by atoms with Crippen LogP contribution in [0.5, 0.6) is 0 Å². The fraction of sp³-hybridized carbons (Fsp3) is 0.211. The third-order valence-corrected chi connectivity index (χ3v) is 4.06. The lowest BCUT2D eigenvalue weighted by Gasteiger charge is -2.19. The van der Waals surface area contributed by atoms with Crippen LogP contribution in [0.4, 0.5) is 4.79 Å². The zero-order chi connectivity index (χ0) is 19.2. The maximum Gasteiger partial charge on any atom is 0.407 e. The Morgan fingerprint density at radius 3 is 2.74 bits per heavy atom. The van der Waals surface area contributed by atoms with Crippen molar-refractivity contribution < 1.29 is 19.7 Å². The summed E-state index contributed by atoms with van der Waals surface area (Å²) in [7, 11) is 0. The Morgan fingerprint density at radius 1 is 1.19 bits per heavy atom. The van der Waals surface area contributed by atoms with Gasteiger partial charge in [0.2, 0.25) is 0 Å². The number of aliphatic hydroxyl groups is 2. The molecule has 2 aromatic carbocycles. The van der Waals surface area contributed by atoms with E-state index in [9.17, 15) is 19.8 Å². The number of aromatic nitrogens is 2. The second kappa shape index (κ2) is 8.43. The molecule has 0 radical (unpaired) electrons. The number of aliphatic hydroxyl groups excluding tert-OH is 2. The van der Waals surface area contributed by atoms with Gasteiger partial charge in [0.05, 0.1) is 11.6 Å². The van der Waals surface area contributed by atoms with E-state index < -0.39 is 18.3 Å². The maximum atomic E-state index is 11.7. The molecular weight excluding hydrogens is 350 g/mol. The zero-order valence-corrected chi connectivity index (χ0v) is 14.3. The predicted molar refractivity (Wildman–Crippen MR) is 98.0 cm³/mol. The fourth-order valence-electron chi connectivity index (χ4n) is 2.60. The van der Waals surface area contributed by atoms with Crippen LogP contribution in [-0.4, -0.2) is 39.2 Å². The molecule has 4 N–H and O–H groups in total. The summed E-state index contributed by atoms with van der Waals surface area (Å²) in [6, 6.07) is 13.8. The minimum Gasteiger partial charge on any atom is -0.445 e. The van der Waals surface area contributed by atoms with Crippen molar-refractivity contribution in [3.05, 3.63) is 76.2 Å². The summed E-state index contributed by atoms with van der Waals surface area (Å²) < 4.78 is 5.05. The van der Waals surface area contributed by atoms with Gasteiger partial charge in [-0.2, -0.15) is 5.10 Å². The number of alkyl carbamates (subject to hydrolysis) is 1. The topological polar surface area (TPSA) is 125 Å². The summed E-state index contributed by atoms with van der Waals surface area (Å²) in [6.07, 6.45) is -1.73. The van der Waals surface area contributed by atoms with Crippen molar-refractivity contribution in [3.8, 4) is 0 Å². The van der Waals surface area contributed by atoms with Crippen molar-refractivity contribution in [1.82, 2.24) is 15.5 Å². The highest BCUT2D eigenvalue weighted by Crippen LogP contribution is 2.20. The van der Waals surface area contributed by atoms with E-state index in [-0.39, 0.29) is 18.7 Å². The van der Waals surface area contributed by atoms with Crippen molar-refractivity contribution >= 4 is 16.9 Å². The van der Waals surface area contributed by atoms with Gasteiger partial charge in [-0.05, 0) is 23.3 Å². The SMILES string of the molecule is O=C(NCC(O)C(O)c1ccc2c(=O)[nH]ncc2c1)OCc1ccccc1. The number of aromatic amines is 1. The first-order chi connectivity index (χ1) is 13.0. The van der Waals surface area contributed by atoms with Gasteiger partial charge in [-0.15, -0.1) is 0 Å². The maximum absolute atomic E-state index is 11.7. The first-order valence-electron chi connectivity index (χ1n) is 8.32. The zero-order valence-electron chi connectivity index (χ0n) is 14.3. The number of hydrogen-bond donors (Lipinski definition) is 4. The van der Waals surface area contributed by atoms with Gasteiger partial charge < -0.3 is 20.3 Å². The molecule has 2 atom stereocenters. The largest absolute Gasteiger partial charge is 0.445 e. The van der Waals surface area contributed by atoms with Crippen molar-refractivity contribution in [3.63, 3.8) is 0 Å². The minimum atomic E-state index is -1.25. The molecule has 140 valence electrons. The molecule has 1 amide bonds. The lowest BCUT2D eigenvalue weighted by Crippen LogP contribution is -2.35. The van der Waals surface area contributed by atoms with E-state index in [1.54, 1.807) is 18.2 Å². The van der Waals surface area contributed by atoms with Crippen molar-refractivity contribution in [2.24, 2.45) is 0 Å². The fourth-order valence-corrected chi connectivity index (χ4v) is 2.60. The average molecular weight is 369 g/mol. The van der Waals surface area contributed by atoms with E-state index in [1.165, 1.54) is 6.20 Å². The van der Waals surface area contributed by atoms with E-state index in [1.807, 2.05) is 30.3 Å². The number of ether oxygens (including phenoxy) is 1. The Morgan fingerprint density at radius 2 is 1.96 bits per heavy atom. The monoisotopic (exact) mass is 369 g/mol. The number of amides is 1. The highest BCUT2D eigenvalue weighted by molar-refractivity contribution is 5.81. The second-order valence-corrected chi connectivity index (χ2v) is 6.00. The van der Waals surface area contributed by atoms with Gasteiger partial charge in [-0.3, -0.25) is 4.79 Å². The number of carbonyl (C=O) groups excluding carboxylic acids is 1. The number of rotatable bonds is 6. The van der Waals surface area contributed by atoms with Crippen LogP contribution in [0.15, 0.2) is 59.5 Å². The average Bonchev–Trinajstić information content (AvgIpc) is 2.70. The van der Waals surface area contributed by atoms with Crippen LogP contribution < -0.4 is 10.9 Å². The highest BCUT2D eigenvalue weighted by Gasteiger charge is 2.20. The molecule has 2 unspecified atom stereocenters. The van der Waals surface area contributed by atoms with Gasteiger partial charge in [0.15, 0.2) is 0 Å². The Labute approximate surface area is 154 Å². The molecule has 0 fully saturated rings. The van der Waals surface area contributed by atoms with Gasteiger partial charge in [0, 0.05) is 11.9 Å². The van der Waals surface area contributed by atoms with Crippen LogP contribution in [0.25, 0.3) is 10.8 Å². The van der Waals surface area contributed by atoms with E-state index in [0.717, 1.165) is 5.56 Å². The van der Waals surface area contributed by atoms with E-state index in [4.69, 9.17) is 4.74 Å². The molecule has 0 aliphatic heterocycles. The molecule has 8 heteroatoms. The Balaban J connectivity index is 1.55. The van der Waals surface area contributed by atoms with Crippen LogP contribution in [0, 0.1) is 0 Å². The lowest BCUT2D eigenvalue weighted by molar-refractivity contribution is 0.0185. The summed E-state index contributed by atoms with van der Waals surface area (Å²) in [6.45, 7) is -0.0853. The number of hydrogen-bond acceptors (Lipinski definition) is 6. The number of carbonyl (C=O) groups is 1. The highest BCUT2D eigenvalue weighted by atomic mass is 16.5. The van der Waals surface area contributed by atoms with E-state index in [0.29, 0.717) is 16.3 Å². The standard InChI is InChI=1S/C19H19N3O5/c23-16(10-20-19(26)27-11-12-4-2-1-3-5-12)17(24)13-6-7-15-14(8-13)9-21-22-18(15)25/h1-9,16-17,23-24H,10-11H2,(H,20,26)(H,22,25). The molecule has 0 aliphatic carbocycles. The van der Waals surface area contributed by atoms with Gasteiger partial charge in [-0.25, -0.2) is 9.89 Å². The van der Waals surface area contributed by atoms with Crippen molar-refractivity contribution in [1.29, 1.82) is 0 Å². The second-order valence-electron chi connectivity index (χ2n) is 6.00. The first kappa shape index (κ1) is 18.6. The minimum absolute atomic E-state index is 0.109. The molecular formula is C19H19N3O5. The summed E-state index contributed by atoms with van der Waals surface area (Å²) in [5, 5.41) is 29.8. The summed E-state index contributed by atoms with van der Waals surface area (Å²) >= 11 is 0. The van der Waals surface area contributed by atoms with Crippen molar-refractivity contribution in [2.45, 2.75) is 18.8 Å². The van der Waals surface area contributed by atoms with Gasteiger partial charge in [0.1, 0.15) is 18.8 Å². The normalized spacial score (nSPS) is 13.1. The molecule has 8 nitrogen and oxygen atoms in total. The molecule has 3 aromatic rings. The molecule has 0 spiro atoms. The molecule has 0 bridgehead atoms. The molecule has 3 rings (SSSR count). The van der Waals surface area contributed by atoms with E-state index >= 15 is 0 Å². The molecule has 1 aromatic heterocycles. The van der Waals surface area contributed by atoms with Gasteiger partial charge in [0.25, 0.3) is 5.56 Å². The summed E-state index contributed by atoms with van der Waals surface area (Å²) in [5.74, 6) is 0. The smallest absolute Gasteiger partial charge is 0.407 e. The predicted octanol–water partition coefficient (Wildman–Crippen LogP) is 1.24. The van der Waals surface area contributed by atoms with Crippen LogP contribution in [0.2, 0.25) is 0 Å². The summed E-state index contributed by atoms with van der Waals surface area (Å²) in [4.78, 5) is 23.4. The quantitative estimate of drug-likeness (QED) is 0.518. The number of fused-ring (bicyclic) bond motifs is 1. The molecule has 27 heavy (non-hydrogen) atoms. The molecule has 1 heterocycles. The lowest BCUT2D eigenvalue weighted by atomic mass is 10.0. The number of benzene rings is 2. The third-order valence-electron chi connectivity index (χ3n) is 4.06. The molecule has 0 saturated carbocycles. The van der Waals surface area contributed by atoms with Crippen molar-refractivity contribution in [2.75, 3.05) is 6.54 Å². The van der Waals surface area contributed by atoms with Crippen LogP contribution in [0.3, 0.4) is 0 Å². The molecule has 0 aliphatic rings. The van der Waals surface area contributed by atoms with E-state index in [2.05, 4.69) is 15.5 Å².